The Kier molecular flexibility index (Phi) is 9.00. The van der Waals surface area contributed by atoms with E-state index in [-0.39, 0.29) is 24.3 Å². The third-order valence-electron chi connectivity index (χ3n) is 7.48. The average Bonchev–Trinajstić information content (AvgIpc) is 3.55. The predicted molar refractivity (Wildman–Crippen MR) is 149 cm³/mol. The second-order valence-corrected chi connectivity index (χ2v) is 10.6. The van der Waals surface area contributed by atoms with Crippen molar-refractivity contribution in [3.05, 3.63) is 76.6 Å². The molecule has 1 aromatic carbocycles. The van der Waals surface area contributed by atoms with Gasteiger partial charge in [-0.15, -0.1) is 0 Å². The number of pyridine rings is 1. The van der Waals surface area contributed by atoms with Gasteiger partial charge in [0.2, 0.25) is 5.78 Å². The molecule has 0 spiro atoms. The molecule has 1 aliphatic carbocycles. The molecular formula is C31H39N3O4. The average molecular weight is 518 g/mol. The summed E-state index contributed by atoms with van der Waals surface area (Å²) in [5.74, 6) is -0.773. The van der Waals surface area contributed by atoms with Gasteiger partial charge < -0.3 is 19.4 Å². The van der Waals surface area contributed by atoms with Gasteiger partial charge in [-0.3, -0.25) is 14.4 Å². The lowest BCUT2D eigenvalue weighted by Crippen LogP contribution is -2.41. The van der Waals surface area contributed by atoms with Crippen molar-refractivity contribution >= 4 is 23.2 Å². The highest BCUT2D eigenvalue weighted by Gasteiger charge is 2.24. The van der Waals surface area contributed by atoms with E-state index in [1.165, 1.54) is 43.3 Å². The van der Waals surface area contributed by atoms with Crippen LogP contribution >= 0.6 is 0 Å². The van der Waals surface area contributed by atoms with E-state index in [1.807, 2.05) is 55.5 Å². The molecule has 7 nitrogen and oxygen atoms in total. The van der Waals surface area contributed by atoms with E-state index in [1.54, 1.807) is 18.3 Å². The lowest BCUT2D eigenvalue weighted by molar-refractivity contribution is -0.141. The molecule has 2 heterocycles. The van der Waals surface area contributed by atoms with Gasteiger partial charge in [-0.2, -0.15) is 0 Å². The van der Waals surface area contributed by atoms with E-state index in [2.05, 4.69) is 5.32 Å². The topological polar surface area (TPSA) is 80.1 Å². The second-order valence-electron chi connectivity index (χ2n) is 10.6. The number of esters is 1. The first kappa shape index (κ1) is 27.6. The molecule has 0 unspecified atom stereocenters. The standard InChI is InChI=1S/C31H39N3O4/c1-21(2)34(20-28(35)38-4)31(37)25-15-17-33-27(19-25)18-22(3)29(33)30(36)24-13-11-23(12-14-24)8-7-16-32-26-9-5-6-10-26/h11-15,17-19,21,26,32H,5-10,16,20H2,1-4H3. The summed E-state index contributed by atoms with van der Waals surface area (Å²) in [5, 5.41) is 3.66. The zero-order chi connectivity index (χ0) is 27.2. The highest BCUT2D eigenvalue weighted by atomic mass is 16.5. The molecule has 1 aliphatic rings. The van der Waals surface area contributed by atoms with Crippen molar-refractivity contribution in [2.45, 2.75) is 71.4 Å². The van der Waals surface area contributed by atoms with E-state index >= 15 is 0 Å². The van der Waals surface area contributed by atoms with Gasteiger partial charge in [0, 0.05) is 34.9 Å². The molecular weight excluding hydrogens is 478 g/mol. The molecule has 0 saturated heterocycles. The molecule has 202 valence electrons. The first-order valence-electron chi connectivity index (χ1n) is 13.6. The minimum Gasteiger partial charge on any atom is -0.468 e. The van der Waals surface area contributed by atoms with Crippen LogP contribution in [-0.2, 0) is 16.0 Å². The SMILES string of the molecule is COC(=O)CN(C(=O)c1ccn2c(C(=O)c3ccc(CCCNC4CCCC4)cc3)c(C)cc2c1)C(C)C. The summed E-state index contributed by atoms with van der Waals surface area (Å²) in [5.41, 5.74) is 4.52. The molecule has 1 amide bonds. The number of aryl methyl sites for hydroxylation is 2. The molecule has 1 fully saturated rings. The Morgan fingerprint density at radius 2 is 1.76 bits per heavy atom. The Morgan fingerprint density at radius 1 is 1.05 bits per heavy atom. The van der Waals surface area contributed by atoms with Gasteiger partial charge >= 0.3 is 5.97 Å². The monoisotopic (exact) mass is 517 g/mol. The summed E-state index contributed by atoms with van der Waals surface area (Å²) in [4.78, 5) is 39.9. The first-order valence-corrected chi connectivity index (χ1v) is 13.6. The third-order valence-corrected chi connectivity index (χ3v) is 7.48. The molecule has 4 rings (SSSR count). The number of amides is 1. The fraction of sp³-hybridized carbons (Fsp3) is 0.452. The molecule has 0 bridgehead atoms. The molecule has 2 aromatic heterocycles. The summed E-state index contributed by atoms with van der Waals surface area (Å²) in [7, 11) is 1.31. The van der Waals surface area contributed by atoms with Gasteiger partial charge in [-0.05, 0) is 82.3 Å². The molecule has 0 aliphatic heterocycles. The van der Waals surface area contributed by atoms with Gasteiger partial charge in [0.05, 0.1) is 12.8 Å². The molecule has 0 radical (unpaired) electrons. The number of aromatic nitrogens is 1. The number of hydrogen-bond donors (Lipinski definition) is 1. The molecule has 1 saturated carbocycles. The Balaban J connectivity index is 1.45. The first-order chi connectivity index (χ1) is 18.3. The van der Waals surface area contributed by atoms with E-state index in [9.17, 15) is 14.4 Å². The fourth-order valence-corrected chi connectivity index (χ4v) is 5.28. The van der Waals surface area contributed by atoms with Crippen LogP contribution in [-0.4, -0.2) is 59.2 Å². The summed E-state index contributed by atoms with van der Waals surface area (Å²) >= 11 is 0. The largest absolute Gasteiger partial charge is 0.468 e. The number of benzene rings is 1. The Morgan fingerprint density at radius 3 is 2.42 bits per heavy atom. The summed E-state index contributed by atoms with van der Waals surface area (Å²) < 4.78 is 6.58. The number of rotatable bonds is 11. The lowest BCUT2D eigenvalue weighted by Gasteiger charge is -2.25. The lowest BCUT2D eigenvalue weighted by atomic mass is 10.0. The highest BCUT2D eigenvalue weighted by Crippen LogP contribution is 2.22. The number of nitrogens with zero attached hydrogens (tertiary/aromatic N) is 2. The van der Waals surface area contributed by atoms with Gasteiger partial charge in [0.15, 0.2) is 0 Å². The number of fused-ring (bicyclic) bond motifs is 1. The van der Waals surface area contributed by atoms with Crippen molar-refractivity contribution in [2.75, 3.05) is 20.2 Å². The number of hydrogen-bond acceptors (Lipinski definition) is 5. The van der Waals surface area contributed by atoms with Crippen LogP contribution in [0.1, 0.15) is 83.5 Å². The van der Waals surface area contributed by atoms with Crippen molar-refractivity contribution in [3.8, 4) is 0 Å². The van der Waals surface area contributed by atoms with Crippen molar-refractivity contribution in [1.82, 2.24) is 14.6 Å². The van der Waals surface area contributed by atoms with Crippen LogP contribution < -0.4 is 5.32 Å². The number of ether oxygens (including phenoxy) is 1. The van der Waals surface area contributed by atoms with Crippen molar-refractivity contribution in [3.63, 3.8) is 0 Å². The van der Waals surface area contributed by atoms with Gasteiger partial charge in [0.1, 0.15) is 6.54 Å². The van der Waals surface area contributed by atoms with E-state index in [4.69, 9.17) is 4.74 Å². The summed E-state index contributed by atoms with van der Waals surface area (Å²) in [6.45, 7) is 6.54. The number of carbonyl (C=O) groups is 3. The maximum Gasteiger partial charge on any atom is 0.325 e. The minimum atomic E-state index is -0.466. The third kappa shape index (κ3) is 6.33. The van der Waals surface area contributed by atoms with Crippen LogP contribution in [0.25, 0.3) is 5.52 Å². The van der Waals surface area contributed by atoms with Crippen LogP contribution in [0.3, 0.4) is 0 Å². The number of carbonyl (C=O) groups excluding carboxylic acids is 3. The van der Waals surface area contributed by atoms with Gasteiger partial charge in [0.25, 0.3) is 5.91 Å². The fourth-order valence-electron chi connectivity index (χ4n) is 5.28. The van der Waals surface area contributed by atoms with E-state index < -0.39 is 5.97 Å². The Labute approximate surface area is 225 Å². The zero-order valence-electron chi connectivity index (χ0n) is 23.0. The normalized spacial score (nSPS) is 13.8. The van der Waals surface area contributed by atoms with Crippen LogP contribution in [0.5, 0.6) is 0 Å². The Bertz CT molecular complexity index is 1290. The predicted octanol–water partition coefficient (Wildman–Crippen LogP) is 4.97. The summed E-state index contributed by atoms with van der Waals surface area (Å²) in [6, 6.07) is 13.8. The molecule has 1 N–H and O–H groups in total. The smallest absolute Gasteiger partial charge is 0.325 e. The number of nitrogens with one attached hydrogen (secondary N) is 1. The van der Waals surface area contributed by atoms with Crippen LogP contribution in [0.15, 0.2) is 48.7 Å². The quantitative estimate of drug-likeness (QED) is 0.221. The molecule has 0 atom stereocenters. The maximum absolute atomic E-state index is 13.5. The molecule has 3 aromatic rings. The second kappa shape index (κ2) is 12.4. The van der Waals surface area contributed by atoms with Gasteiger partial charge in [-0.25, -0.2) is 0 Å². The van der Waals surface area contributed by atoms with Crippen LogP contribution in [0.4, 0.5) is 0 Å². The van der Waals surface area contributed by atoms with E-state index in [0.717, 1.165) is 30.5 Å². The number of ketones is 1. The van der Waals surface area contributed by atoms with Crippen LogP contribution in [0, 0.1) is 6.92 Å². The summed E-state index contributed by atoms with van der Waals surface area (Å²) in [6.07, 6.45) is 9.11. The molecule has 7 heteroatoms. The van der Waals surface area contributed by atoms with Crippen molar-refractivity contribution < 1.29 is 19.1 Å². The zero-order valence-corrected chi connectivity index (χ0v) is 23.0. The highest BCUT2D eigenvalue weighted by molar-refractivity contribution is 6.09. The van der Waals surface area contributed by atoms with Crippen molar-refractivity contribution in [1.29, 1.82) is 0 Å². The minimum absolute atomic E-state index is 0.0504. The number of methoxy groups -OCH3 is 1. The Hall–Kier alpha value is -3.45. The maximum atomic E-state index is 13.5. The van der Waals surface area contributed by atoms with Crippen LogP contribution in [0.2, 0.25) is 0 Å². The van der Waals surface area contributed by atoms with Gasteiger partial charge in [-0.1, -0.05) is 37.1 Å². The van der Waals surface area contributed by atoms with E-state index in [0.29, 0.717) is 22.9 Å². The van der Waals surface area contributed by atoms with Crippen molar-refractivity contribution in [2.24, 2.45) is 0 Å². The molecule has 38 heavy (non-hydrogen) atoms.